The molecule has 2 amide bonds. The number of amides is 2. The Balaban J connectivity index is 1.32. The number of likely N-dealkylation sites (tertiary alicyclic amines) is 2. The van der Waals surface area contributed by atoms with Crippen LogP contribution in [0.15, 0.2) is 6.07 Å². The fourth-order valence-electron chi connectivity index (χ4n) is 4.62. The highest BCUT2D eigenvalue weighted by molar-refractivity contribution is 5.86. The van der Waals surface area contributed by atoms with Crippen molar-refractivity contribution in [3.8, 4) is 5.88 Å². The molecule has 0 atom stereocenters. The van der Waals surface area contributed by atoms with Gasteiger partial charge < -0.3 is 14.5 Å². The van der Waals surface area contributed by atoms with Gasteiger partial charge in [0.25, 0.3) is 5.91 Å². The van der Waals surface area contributed by atoms with Crippen molar-refractivity contribution in [2.75, 3.05) is 32.8 Å². The highest BCUT2D eigenvalue weighted by atomic mass is 16.5. The Morgan fingerprint density at radius 3 is 2.47 bits per heavy atom. The number of piperidine rings is 2. The Bertz CT molecular complexity index is 940. The molecule has 2 fully saturated rings. The van der Waals surface area contributed by atoms with Gasteiger partial charge in [-0.3, -0.25) is 9.59 Å². The number of nitrogens with zero attached hydrogens (tertiary/aromatic N) is 5. The van der Waals surface area contributed by atoms with Crippen molar-refractivity contribution in [1.82, 2.24) is 24.6 Å². The van der Waals surface area contributed by atoms with Gasteiger partial charge in [-0.05, 0) is 57.6 Å². The van der Waals surface area contributed by atoms with Crippen LogP contribution < -0.4 is 4.74 Å². The first-order valence-corrected chi connectivity index (χ1v) is 10.9. The molecule has 0 bridgehead atoms. The Morgan fingerprint density at radius 1 is 1.07 bits per heavy atom. The van der Waals surface area contributed by atoms with Gasteiger partial charge in [0.2, 0.25) is 11.8 Å². The second kappa shape index (κ2) is 8.62. The van der Waals surface area contributed by atoms with Crippen molar-refractivity contribution in [1.29, 1.82) is 0 Å². The van der Waals surface area contributed by atoms with Gasteiger partial charge in [0, 0.05) is 44.8 Å². The third kappa shape index (κ3) is 4.13. The first kappa shape index (κ1) is 20.6. The van der Waals surface area contributed by atoms with E-state index in [-0.39, 0.29) is 24.3 Å². The number of carbonyl (C=O) groups excluding carboxylic acids is 2. The van der Waals surface area contributed by atoms with Crippen molar-refractivity contribution in [3.05, 3.63) is 17.3 Å². The lowest BCUT2D eigenvalue weighted by Crippen LogP contribution is -2.46. The molecule has 2 aromatic heterocycles. The van der Waals surface area contributed by atoms with E-state index in [0.29, 0.717) is 19.0 Å². The lowest BCUT2D eigenvalue weighted by molar-refractivity contribution is -0.142. The number of rotatable bonds is 4. The third-order valence-corrected chi connectivity index (χ3v) is 6.28. The maximum absolute atomic E-state index is 12.7. The molecule has 0 aromatic carbocycles. The zero-order valence-electron chi connectivity index (χ0n) is 18.2. The van der Waals surface area contributed by atoms with Gasteiger partial charge in [0.05, 0.1) is 5.39 Å². The standard InChI is InChI=1S/C22H31N5O3/c1-15-13-16(2)23-20-19(15)21(24-25(20)3)30-14-18(28)26-11-7-17(8-12-26)22(29)27-9-5-4-6-10-27/h13,17H,4-12,14H2,1-3H3. The van der Waals surface area contributed by atoms with Gasteiger partial charge in [0.15, 0.2) is 12.3 Å². The molecule has 0 N–H and O–H groups in total. The van der Waals surface area contributed by atoms with E-state index < -0.39 is 0 Å². The fraction of sp³-hybridized carbons (Fsp3) is 0.636. The predicted molar refractivity (Wildman–Crippen MR) is 113 cm³/mol. The summed E-state index contributed by atoms with van der Waals surface area (Å²) in [6.07, 6.45) is 4.90. The van der Waals surface area contributed by atoms with Gasteiger partial charge in [-0.1, -0.05) is 0 Å². The summed E-state index contributed by atoms with van der Waals surface area (Å²) in [6, 6.07) is 1.99. The van der Waals surface area contributed by atoms with E-state index in [4.69, 9.17) is 4.74 Å². The van der Waals surface area contributed by atoms with Crippen LogP contribution in [0.1, 0.15) is 43.4 Å². The quantitative estimate of drug-likeness (QED) is 0.768. The molecule has 0 unspecified atom stereocenters. The monoisotopic (exact) mass is 413 g/mol. The first-order valence-electron chi connectivity index (χ1n) is 10.9. The van der Waals surface area contributed by atoms with Crippen LogP contribution >= 0.6 is 0 Å². The van der Waals surface area contributed by atoms with Crippen molar-refractivity contribution in [2.45, 2.75) is 46.0 Å². The number of aromatic nitrogens is 3. The zero-order chi connectivity index (χ0) is 21.3. The van der Waals surface area contributed by atoms with Crippen molar-refractivity contribution < 1.29 is 14.3 Å². The normalized spacial score (nSPS) is 18.1. The van der Waals surface area contributed by atoms with Crippen LogP contribution in [0.4, 0.5) is 0 Å². The van der Waals surface area contributed by atoms with E-state index in [1.807, 2.05) is 31.9 Å². The number of hydrogen-bond donors (Lipinski definition) is 0. The molecule has 0 saturated carbocycles. The van der Waals surface area contributed by atoms with Crippen molar-refractivity contribution in [3.63, 3.8) is 0 Å². The van der Waals surface area contributed by atoms with Crippen LogP contribution in [0, 0.1) is 19.8 Å². The summed E-state index contributed by atoms with van der Waals surface area (Å²) in [5.74, 6) is 0.706. The Labute approximate surface area is 177 Å². The minimum Gasteiger partial charge on any atom is -0.466 e. The van der Waals surface area contributed by atoms with E-state index in [1.54, 1.807) is 9.58 Å². The first-order chi connectivity index (χ1) is 14.4. The summed E-state index contributed by atoms with van der Waals surface area (Å²) in [6.45, 7) is 6.88. The van der Waals surface area contributed by atoms with Gasteiger partial charge in [0.1, 0.15) is 0 Å². The molecule has 2 saturated heterocycles. The Kier molecular flexibility index (Phi) is 5.92. The Morgan fingerprint density at radius 2 is 1.77 bits per heavy atom. The molecule has 2 aliphatic rings. The van der Waals surface area contributed by atoms with Crippen LogP contribution in [0.25, 0.3) is 11.0 Å². The van der Waals surface area contributed by atoms with E-state index in [9.17, 15) is 9.59 Å². The minimum atomic E-state index is -0.0598. The molecule has 0 aliphatic carbocycles. The average molecular weight is 414 g/mol. The minimum absolute atomic E-state index is 0.0461. The highest BCUT2D eigenvalue weighted by Crippen LogP contribution is 2.27. The van der Waals surface area contributed by atoms with Crippen LogP contribution in [0.3, 0.4) is 0 Å². The van der Waals surface area contributed by atoms with E-state index in [2.05, 4.69) is 10.1 Å². The molecule has 2 aliphatic heterocycles. The molecule has 8 nitrogen and oxygen atoms in total. The molecule has 8 heteroatoms. The largest absolute Gasteiger partial charge is 0.466 e. The van der Waals surface area contributed by atoms with Crippen LogP contribution in [-0.4, -0.2) is 69.2 Å². The summed E-state index contributed by atoms with van der Waals surface area (Å²) < 4.78 is 7.49. The number of carbonyl (C=O) groups is 2. The third-order valence-electron chi connectivity index (χ3n) is 6.28. The number of aryl methyl sites for hydroxylation is 3. The summed E-state index contributed by atoms with van der Waals surface area (Å²) in [5.41, 5.74) is 2.71. The predicted octanol–water partition coefficient (Wildman–Crippen LogP) is 2.22. The molecule has 0 spiro atoms. The summed E-state index contributed by atoms with van der Waals surface area (Å²) >= 11 is 0. The van der Waals surface area contributed by atoms with Gasteiger partial charge in [-0.2, -0.15) is 0 Å². The van der Waals surface area contributed by atoms with Crippen molar-refractivity contribution >= 4 is 22.8 Å². The van der Waals surface area contributed by atoms with Crippen LogP contribution in [0.5, 0.6) is 5.88 Å². The van der Waals surface area contributed by atoms with Crippen LogP contribution in [0.2, 0.25) is 0 Å². The molecule has 2 aromatic rings. The summed E-state index contributed by atoms with van der Waals surface area (Å²) in [4.78, 5) is 33.7. The van der Waals surface area contributed by atoms with Gasteiger partial charge in [-0.15, -0.1) is 5.10 Å². The molecule has 4 rings (SSSR count). The maximum atomic E-state index is 12.7. The smallest absolute Gasteiger partial charge is 0.260 e. The summed E-state index contributed by atoms with van der Waals surface area (Å²) in [7, 11) is 1.83. The average Bonchev–Trinajstić information content (AvgIpc) is 3.08. The van der Waals surface area contributed by atoms with E-state index in [1.165, 1.54) is 6.42 Å². The number of hydrogen-bond acceptors (Lipinski definition) is 5. The molecule has 162 valence electrons. The number of pyridine rings is 1. The maximum Gasteiger partial charge on any atom is 0.260 e. The molecular formula is C22H31N5O3. The van der Waals surface area contributed by atoms with Crippen LogP contribution in [-0.2, 0) is 16.6 Å². The SMILES string of the molecule is Cc1cc(C)c2c(OCC(=O)N3CCC(C(=O)N4CCCCC4)CC3)nn(C)c2n1. The Hall–Kier alpha value is -2.64. The van der Waals surface area contributed by atoms with E-state index in [0.717, 1.165) is 61.1 Å². The molecular weight excluding hydrogens is 382 g/mol. The second-order valence-electron chi connectivity index (χ2n) is 8.54. The molecule has 0 radical (unpaired) electrons. The summed E-state index contributed by atoms with van der Waals surface area (Å²) in [5, 5.41) is 5.26. The van der Waals surface area contributed by atoms with Gasteiger partial charge >= 0.3 is 0 Å². The molecule has 4 heterocycles. The van der Waals surface area contributed by atoms with Crippen molar-refractivity contribution in [2.24, 2.45) is 13.0 Å². The lowest BCUT2D eigenvalue weighted by Gasteiger charge is -2.35. The lowest BCUT2D eigenvalue weighted by atomic mass is 9.94. The number of ether oxygens (including phenoxy) is 1. The van der Waals surface area contributed by atoms with E-state index >= 15 is 0 Å². The molecule has 30 heavy (non-hydrogen) atoms. The second-order valence-corrected chi connectivity index (χ2v) is 8.54. The fourth-order valence-corrected chi connectivity index (χ4v) is 4.62. The number of fused-ring (bicyclic) bond motifs is 1. The van der Waals surface area contributed by atoms with Gasteiger partial charge in [-0.25, -0.2) is 9.67 Å². The highest BCUT2D eigenvalue weighted by Gasteiger charge is 2.31. The zero-order valence-corrected chi connectivity index (χ0v) is 18.2. The topological polar surface area (TPSA) is 80.6 Å².